The van der Waals surface area contributed by atoms with E-state index in [4.69, 9.17) is 14.2 Å². The largest absolute Gasteiger partial charge is 0.497 e. The summed E-state index contributed by atoms with van der Waals surface area (Å²) in [6.45, 7) is 3.62. The Morgan fingerprint density at radius 1 is 0.919 bits per heavy atom. The standard InChI is InChI=1S/C28H26N4O5/c1-35-21-6-4-5-20(16-21)32-27(33)23-8-3-2-7-22(23)26(29-32)28(34)31-13-11-30(12-14-31)17-19-9-10-24-25(15-19)37-18-36-24/h2-10,15-16H,11-14,17-18H2,1H3. The van der Waals surface area contributed by atoms with Crippen LogP contribution in [0.1, 0.15) is 16.1 Å². The van der Waals surface area contributed by atoms with E-state index in [1.807, 2.05) is 29.2 Å². The fourth-order valence-electron chi connectivity index (χ4n) is 4.82. The molecule has 2 aliphatic rings. The van der Waals surface area contributed by atoms with Gasteiger partial charge in [-0.05, 0) is 35.9 Å². The topological polar surface area (TPSA) is 86.1 Å². The van der Waals surface area contributed by atoms with Crippen LogP contribution in [-0.4, -0.2) is 65.6 Å². The van der Waals surface area contributed by atoms with E-state index in [9.17, 15) is 9.59 Å². The summed E-state index contributed by atoms with van der Waals surface area (Å²) in [5.41, 5.74) is 1.66. The summed E-state index contributed by atoms with van der Waals surface area (Å²) in [5.74, 6) is 1.96. The van der Waals surface area contributed by atoms with Gasteiger partial charge in [-0.1, -0.05) is 30.3 Å². The van der Waals surface area contributed by atoms with Crippen LogP contribution < -0.4 is 19.8 Å². The Hall–Kier alpha value is -4.37. The number of hydrogen-bond acceptors (Lipinski definition) is 7. The minimum atomic E-state index is -0.283. The van der Waals surface area contributed by atoms with Crippen LogP contribution >= 0.6 is 0 Å². The summed E-state index contributed by atoms with van der Waals surface area (Å²) in [6.07, 6.45) is 0. The Labute approximate surface area is 213 Å². The van der Waals surface area contributed by atoms with Crippen molar-refractivity contribution in [3.63, 3.8) is 0 Å². The molecule has 0 saturated carbocycles. The molecule has 0 N–H and O–H groups in total. The Morgan fingerprint density at radius 2 is 1.70 bits per heavy atom. The van der Waals surface area contributed by atoms with Crippen molar-refractivity contribution in [2.45, 2.75) is 6.54 Å². The van der Waals surface area contributed by atoms with Gasteiger partial charge in [-0.25, -0.2) is 0 Å². The lowest BCUT2D eigenvalue weighted by Crippen LogP contribution is -2.48. The number of ether oxygens (including phenoxy) is 3. The summed E-state index contributed by atoms with van der Waals surface area (Å²) in [6, 6.07) is 20.2. The Balaban J connectivity index is 1.24. The van der Waals surface area contributed by atoms with Crippen LogP contribution in [0.4, 0.5) is 0 Å². The molecule has 1 amide bonds. The molecule has 1 fully saturated rings. The molecule has 0 spiro atoms. The number of carbonyl (C=O) groups is 1. The Kier molecular flexibility index (Phi) is 5.97. The van der Waals surface area contributed by atoms with Crippen LogP contribution in [0.3, 0.4) is 0 Å². The third-order valence-corrected chi connectivity index (χ3v) is 6.81. The van der Waals surface area contributed by atoms with Gasteiger partial charge in [0.05, 0.1) is 18.2 Å². The second-order valence-corrected chi connectivity index (χ2v) is 9.07. The lowest BCUT2D eigenvalue weighted by molar-refractivity contribution is 0.0623. The molecular weight excluding hydrogens is 472 g/mol. The van der Waals surface area contributed by atoms with E-state index in [0.29, 0.717) is 35.3 Å². The minimum absolute atomic E-state index is 0.185. The van der Waals surface area contributed by atoms with Crippen LogP contribution in [0, 0.1) is 0 Å². The average molecular weight is 499 g/mol. The number of nitrogens with zero attached hydrogens (tertiary/aromatic N) is 4. The predicted molar refractivity (Wildman–Crippen MR) is 138 cm³/mol. The fraction of sp³-hybridized carbons (Fsp3) is 0.250. The number of amides is 1. The first-order chi connectivity index (χ1) is 18.1. The molecule has 3 heterocycles. The molecule has 0 atom stereocenters. The molecule has 2 aliphatic heterocycles. The normalized spacial score (nSPS) is 15.2. The van der Waals surface area contributed by atoms with E-state index in [1.165, 1.54) is 4.68 Å². The SMILES string of the molecule is COc1cccc(-n2nc(C(=O)N3CCN(Cc4ccc5c(c4)OCO5)CC3)c3ccccc3c2=O)c1. The lowest BCUT2D eigenvalue weighted by atomic mass is 10.1. The fourth-order valence-corrected chi connectivity index (χ4v) is 4.82. The average Bonchev–Trinajstić information content (AvgIpc) is 3.41. The Bertz CT molecular complexity index is 1540. The van der Waals surface area contributed by atoms with Crippen molar-refractivity contribution in [2.24, 2.45) is 0 Å². The number of methoxy groups -OCH3 is 1. The molecule has 6 rings (SSSR count). The molecule has 37 heavy (non-hydrogen) atoms. The maximum atomic E-state index is 13.7. The third-order valence-electron chi connectivity index (χ3n) is 6.81. The first kappa shape index (κ1) is 23.1. The number of piperazine rings is 1. The highest BCUT2D eigenvalue weighted by atomic mass is 16.7. The van der Waals surface area contributed by atoms with Gasteiger partial charge in [-0.3, -0.25) is 14.5 Å². The van der Waals surface area contributed by atoms with Crippen LogP contribution in [0.5, 0.6) is 17.2 Å². The summed E-state index contributed by atoms with van der Waals surface area (Å²) in [7, 11) is 1.57. The van der Waals surface area contributed by atoms with E-state index in [-0.39, 0.29) is 24.0 Å². The van der Waals surface area contributed by atoms with Gasteiger partial charge >= 0.3 is 0 Å². The smallest absolute Gasteiger partial charge is 0.279 e. The number of benzene rings is 3. The van der Waals surface area contributed by atoms with Gasteiger partial charge in [0, 0.05) is 44.2 Å². The van der Waals surface area contributed by atoms with Crippen molar-refractivity contribution in [3.05, 3.63) is 88.3 Å². The highest BCUT2D eigenvalue weighted by Crippen LogP contribution is 2.33. The van der Waals surface area contributed by atoms with Gasteiger partial charge in [0.2, 0.25) is 6.79 Å². The Morgan fingerprint density at radius 3 is 2.51 bits per heavy atom. The minimum Gasteiger partial charge on any atom is -0.497 e. The van der Waals surface area contributed by atoms with Gasteiger partial charge in [0.25, 0.3) is 11.5 Å². The zero-order valence-corrected chi connectivity index (χ0v) is 20.4. The van der Waals surface area contributed by atoms with Crippen LogP contribution in [0.15, 0.2) is 71.5 Å². The maximum absolute atomic E-state index is 13.7. The van der Waals surface area contributed by atoms with Gasteiger partial charge in [-0.2, -0.15) is 9.78 Å². The van der Waals surface area contributed by atoms with E-state index in [0.717, 1.165) is 36.7 Å². The molecule has 0 aliphatic carbocycles. The zero-order chi connectivity index (χ0) is 25.4. The van der Waals surface area contributed by atoms with Crippen molar-refractivity contribution in [1.82, 2.24) is 19.6 Å². The summed E-state index contributed by atoms with van der Waals surface area (Å²) >= 11 is 0. The molecular formula is C28H26N4O5. The zero-order valence-electron chi connectivity index (χ0n) is 20.4. The summed E-state index contributed by atoms with van der Waals surface area (Å²) in [4.78, 5) is 31.1. The number of carbonyl (C=O) groups excluding carboxylic acids is 1. The molecule has 3 aromatic carbocycles. The number of rotatable bonds is 5. The molecule has 1 saturated heterocycles. The molecule has 188 valence electrons. The van der Waals surface area contributed by atoms with Crippen molar-refractivity contribution in [3.8, 4) is 22.9 Å². The number of hydrogen-bond donors (Lipinski definition) is 0. The monoisotopic (exact) mass is 498 g/mol. The van der Waals surface area contributed by atoms with Crippen molar-refractivity contribution < 1.29 is 19.0 Å². The van der Waals surface area contributed by atoms with Gasteiger partial charge < -0.3 is 19.1 Å². The number of fused-ring (bicyclic) bond motifs is 2. The lowest BCUT2D eigenvalue weighted by Gasteiger charge is -2.34. The highest BCUT2D eigenvalue weighted by molar-refractivity contribution is 6.04. The third kappa shape index (κ3) is 4.38. The van der Waals surface area contributed by atoms with Gasteiger partial charge in [-0.15, -0.1) is 0 Å². The first-order valence-corrected chi connectivity index (χ1v) is 12.2. The molecule has 4 aromatic rings. The van der Waals surface area contributed by atoms with E-state index in [2.05, 4.69) is 10.00 Å². The van der Waals surface area contributed by atoms with E-state index < -0.39 is 0 Å². The van der Waals surface area contributed by atoms with Crippen LogP contribution in [0.2, 0.25) is 0 Å². The second kappa shape index (κ2) is 9.59. The van der Waals surface area contributed by atoms with Gasteiger partial charge in [0.15, 0.2) is 17.2 Å². The van der Waals surface area contributed by atoms with Gasteiger partial charge in [0.1, 0.15) is 5.75 Å². The van der Waals surface area contributed by atoms with Crippen LogP contribution in [-0.2, 0) is 6.54 Å². The van der Waals surface area contributed by atoms with Crippen molar-refractivity contribution in [1.29, 1.82) is 0 Å². The molecule has 1 aromatic heterocycles. The second-order valence-electron chi connectivity index (χ2n) is 9.07. The molecule has 0 unspecified atom stereocenters. The highest BCUT2D eigenvalue weighted by Gasteiger charge is 2.26. The molecule has 9 heteroatoms. The summed E-state index contributed by atoms with van der Waals surface area (Å²) in [5, 5.41) is 5.56. The molecule has 9 nitrogen and oxygen atoms in total. The quantitative estimate of drug-likeness (QED) is 0.418. The van der Waals surface area contributed by atoms with Crippen molar-refractivity contribution >= 4 is 16.7 Å². The van der Waals surface area contributed by atoms with Crippen LogP contribution in [0.25, 0.3) is 16.5 Å². The maximum Gasteiger partial charge on any atom is 0.279 e. The summed E-state index contributed by atoms with van der Waals surface area (Å²) < 4.78 is 17.5. The van der Waals surface area contributed by atoms with Crippen molar-refractivity contribution in [2.75, 3.05) is 40.1 Å². The first-order valence-electron chi connectivity index (χ1n) is 12.2. The predicted octanol–water partition coefficient (Wildman–Crippen LogP) is 3.08. The molecule has 0 bridgehead atoms. The van der Waals surface area contributed by atoms with E-state index in [1.54, 1.807) is 49.6 Å². The number of aromatic nitrogens is 2. The molecule has 0 radical (unpaired) electrons. The van der Waals surface area contributed by atoms with E-state index >= 15 is 0 Å².